The normalized spacial score (nSPS) is 12.8. The summed E-state index contributed by atoms with van der Waals surface area (Å²) in [5.74, 6) is -0.315. The molecule has 1 unspecified atom stereocenters. The quantitative estimate of drug-likeness (QED) is 0.440. The van der Waals surface area contributed by atoms with E-state index in [0.29, 0.717) is 0 Å². The van der Waals surface area contributed by atoms with Gasteiger partial charge in [0.2, 0.25) is 5.91 Å². The summed E-state index contributed by atoms with van der Waals surface area (Å²) in [5.41, 5.74) is 0. The van der Waals surface area contributed by atoms with Gasteiger partial charge in [0.05, 0.1) is 0 Å². The fraction of sp³-hybridized carbons (Fsp3) is 0.571. The zero-order valence-corrected chi connectivity index (χ0v) is 6.29. The summed E-state index contributed by atoms with van der Waals surface area (Å²) in [5, 5.41) is 11.4. The summed E-state index contributed by atoms with van der Waals surface area (Å²) in [7, 11) is 0. The molecule has 0 radical (unpaired) electrons. The van der Waals surface area contributed by atoms with Gasteiger partial charge in [-0.1, -0.05) is 20.4 Å². The highest BCUT2D eigenvalue weighted by Crippen LogP contribution is 1.95. The molecule has 0 aromatic carbocycles. The molecule has 0 aromatic heterocycles. The molecule has 2 N–H and O–H groups in total. The van der Waals surface area contributed by atoms with Crippen molar-refractivity contribution in [2.45, 2.75) is 20.1 Å². The number of rotatable bonds is 3. The lowest BCUT2D eigenvalue weighted by Gasteiger charge is -2.14. The van der Waals surface area contributed by atoms with Crippen LogP contribution in [0.2, 0.25) is 0 Å². The molecular formula is C7H13NO2. The molecule has 0 fully saturated rings. The average molecular weight is 143 g/mol. The maximum Gasteiger partial charge on any atom is 0.245 e. The van der Waals surface area contributed by atoms with Crippen molar-refractivity contribution in [1.29, 1.82) is 0 Å². The van der Waals surface area contributed by atoms with Gasteiger partial charge in [-0.2, -0.15) is 0 Å². The van der Waals surface area contributed by atoms with Crippen LogP contribution in [0.25, 0.3) is 0 Å². The van der Waals surface area contributed by atoms with Crippen molar-refractivity contribution in [1.82, 2.24) is 5.32 Å². The Balaban J connectivity index is 3.67. The largest absolute Gasteiger partial charge is 0.373 e. The molecule has 0 saturated carbocycles. The minimum atomic E-state index is -0.773. The molecule has 0 aliphatic rings. The summed E-state index contributed by atoms with van der Waals surface area (Å²) in [6, 6.07) is 0. The summed E-state index contributed by atoms with van der Waals surface area (Å²) in [6.45, 7) is 6.88. The zero-order chi connectivity index (χ0) is 8.15. The third-order valence-corrected chi connectivity index (χ3v) is 1.11. The molecule has 0 saturated heterocycles. The second-order valence-corrected chi connectivity index (χ2v) is 2.40. The summed E-state index contributed by atoms with van der Waals surface area (Å²) < 4.78 is 0. The molecule has 3 heteroatoms. The molecule has 0 heterocycles. The predicted molar refractivity (Wildman–Crippen MR) is 39.2 cm³/mol. The summed E-state index contributed by atoms with van der Waals surface area (Å²) >= 11 is 0. The van der Waals surface area contributed by atoms with E-state index in [1.165, 1.54) is 0 Å². The van der Waals surface area contributed by atoms with Crippen LogP contribution in [-0.2, 0) is 4.79 Å². The van der Waals surface area contributed by atoms with Crippen molar-refractivity contribution in [3.05, 3.63) is 12.7 Å². The first-order valence-electron chi connectivity index (χ1n) is 3.19. The standard InChI is InChI=1S/C7H13NO2/c1-4-6(9)8-7(10)5(2)3/h4-5,7,10H,1H2,2-3H3,(H,8,9). The van der Waals surface area contributed by atoms with Crippen molar-refractivity contribution in [3.63, 3.8) is 0 Å². The Labute approximate surface area is 60.7 Å². The van der Waals surface area contributed by atoms with Gasteiger partial charge in [0, 0.05) is 0 Å². The molecule has 0 aliphatic carbocycles. The topological polar surface area (TPSA) is 49.3 Å². The van der Waals surface area contributed by atoms with E-state index in [9.17, 15) is 4.79 Å². The summed E-state index contributed by atoms with van der Waals surface area (Å²) in [6.07, 6.45) is 0.358. The van der Waals surface area contributed by atoms with Crippen molar-refractivity contribution < 1.29 is 9.90 Å². The Morgan fingerprint density at radius 3 is 2.50 bits per heavy atom. The van der Waals surface area contributed by atoms with Gasteiger partial charge in [-0.15, -0.1) is 0 Å². The fourth-order valence-electron chi connectivity index (χ4n) is 0.371. The lowest BCUT2D eigenvalue weighted by Crippen LogP contribution is -2.37. The highest BCUT2D eigenvalue weighted by atomic mass is 16.3. The third kappa shape index (κ3) is 3.25. The van der Waals surface area contributed by atoms with Crippen molar-refractivity contribution >= 4 is 5.91 Å². The Morgan fingerprint density at radius 2 is 2.20 bits per heavy atom. The Bertz CT molecular complexity index is 132. The maximum atomic E-state index is 10.5. The highest BCUT2D eigenvalue weighted by Gasteiger charge is 2.09. The van der Waals surface area contributed by atoms with Crippen LogP contribution in [0.4, 0.5) is 0 Å². The van der Waals surface area contributed by atoms with Gasteiger partial charge >= 0.3 is 0 Å². The Hall–Kier alpha value is -0.830. The monoisotopic (exact) mass is 143 g/mol. The van der Waals surface area contributed by atoms with Gasteiger partial charge in [-0.05, 0) is 12.0 Å². The van der Waals surface area contributed by atoms with E-state index in [2.05, 4.69) is 11.9 Å². The van der Waals surface area contributed by atoms with Crippen LogP contribution in [0.1, 0.15) is 13.8 Å². The van der Waals surface area contributed by atoms with Crippen LogP contribution in [0.15, 0.2) is 12.7 Å². The molecule has 1 atom stereocenters. The third-order valence-electron chi connectivity index (χ3n) is 1.11. The van der Waals surface area contributed by atoms with E-state index in [1.807, 2.05) is 13.8 Å². The smallest absolute Gasteiger partial charge is 0.245 e. The molecule has 0 bridgehead atoms. The molecule has 0 rings (SSSR count). The average Bonchev–Trinajstić information content (AvgIpc) is 1.87. The van der Waals surface area contributed by atoms with Gasteiger partial charge in [0.15, 0.2) is 0 Å². The number of hydrogen-bond acceptors (Lipinski definition) is 2. The fourth-order valence-corrected chi connectivity index (χ4v) is 0.371. The van der Waals surface area contributed by atoms with Crippen molar-refractivity contribution in [2.75, 3.05) is 0 Å². The molecule has 10 heavy (non-hydrogen) atoms. The first kappa shape index (κ1) is 9.17. The minimum Gasteiger partial charge on any atom is -0.373 e. The van der Waals surface area contributed by atoms with Crippen LogP contribution in [0.3, 0.4) is 0 Å². The number of nitrogens with one attached hydrogen (secondary N) is 1. The minimum absolute atomic E-state index is 0.0314. The van der Waals surface area contributed by atoms with Gasteiger partial charge in [0.1, 0.15) is 6.23 Å². The van der Waals surface area contributed by atoms with Crippen LogP contribution in [-0.4, -0.2) is 17.2 Å². The molecule has 0 spiro atoms. The van der Waals surface area contributed by atoms with Gasteiger partial charge < -0.3 is 10.4 Å². The number of carbonyl (C=O) groups excluding carboxylic acids is 1. The van der Waals surface area contributed by atoms with Crippen LogP contribution < -0.4 is 5.32 Å². The van der Waals surface area contributed by atoms with Gasteiger partial charge in [-0.25, -0.2) is 0 Å². The van der Waals surface area contributed by atoms with Gasteiger partial charge in [0.25, 0.3) is 0 Å². The van der Waals surface area contributed by atoms with Crippen LogP contribution >= 0.6 is 0 Å². The van der Waals surface area contributed by atoms with E-state index >= 15 is 0 Å². The lowest BCUT2D eigenvalue weighted by atomic mass is 10.2. The number of hydrogen-bond donors (Lipinski definition) is 2. The second kappa shape index (κ2) is 4.06. The maximum absolute atomic E-state index is 10.5. The Morgan fingerprint density at radius 1 is 1.70 bits per heavy atom. The number of aliphatic hydroxyl groups excluding tert-OH is 1. The number of carbonyl (C=O) groups is 1. The first-order chi connectivity index (χ1) is 4.57. The lowest BCUT2D eigenvalue weighted by molar-refractivity contribution is -0.120. The molecule has 3 nitrogen and oxygen atoms in total. The van der Waals surface area contributed by atoms with Crippen molar-refractivity contribution in [3.8, 4) is 0 Å². The molecule has 0 aliphatic heterocycles. The molecule has 0 aromatic rings. The van der Waals surface area contributed by atoms with E-state index < -0.39 is 6.23 Å². The highest BCUT2D eigenvalue weighted by molar-refractivity contribution is 5.86. The van der Waals surface area contributed by atoms with E-state index in [0.717, 1.165) is 6.08 Å². The predicted octanol–water partition coefficient (Wildman–Crippen LogP) is 0.263. The van der Waals surface area contributed by atoms with Gasteiger partial charge in [-0.3, -0.25) is 4.79 Å². The molecule has 1 amide bonds. The Kier molecular flexibility index (Phi) is 3.72. The second-order valence-electron chi connectivity index (χ2n) is 2.40. The van der Waals surface area contributed by atoms with Crippen LogP contribution in [0.5, 0.6) is 0 Å². The van der Waals surface area contributed by atoms with E-state index in [-0.39, 0.29) is 11.8 Å². The summed E-state index contributed by atoms with van der Waals surface area (Å²) in [4.78, 5) is 10.5. The number of amides is 1. The zero-order valence-electron chi connectivity index (χ0n) is 6.29. The molecule has 58 valence electrons. The first-order valence-corrected chi connectivity index (χ1v) is 3.19. The number of aliphatic hydroxyl groups is 1. The van der Waals surface area contributed by atoms with Crippen LogP contribution in [0, 0.1) is 5.92 Å². The van der Waals surface area contributed by atoms with E-state index in [1.54, 1.807) is 0 Å². The molecular weight excluding hydrogens is 130 g/mol. The van der Waals surface area contributed by atoms with E-state index in [4.69, 9.17) is 5.11 Å². The van der Waals surface area contributed by atoms with Crippen molar-refractivity contribution in [2.24, 2.45) is 5.92 Å². The SMILES string of the molecule is C=CC(=O)NC(O)C(C)C.